The molecule has 68 valence electrons. The van der Waals surface area contributed by atoms with E-state index in [-0.39, 0.29) is 22.3 Å². The minimum atomic E-state index is -0.431. The Labute approximate surface area is 78.5 Å². The zero-order valence-corrected chi connectivity index (χ0v) is 7.40. The van der Waals surface area contributed by atoms with Gasteiger partial charge in [-0.05, 0) is 0 Å². The molecular weight excluding hydrogens is 190 g/mol. The number of carbonyl (C=O) groups excluding carboxylic acids is 2. The van der Waals surface area contributed by atoms with Gasteiger partial charge in [-0.25, -0.2) is 0 Å². The van der Waals surface area contributed by atoms with Crippen LogP contribution in [-0.2, 0) is 9.59 Å². The second-order valence-electron chi connectivity index (χ2n) is 3.49. The number of thioether (sulfide) groups is 1. The van der Waals surface area contributed by atoms with Crippen molar-refractivity contribution in [2.24, 2.45) is 11.8 Å². The van der Waals surface area contributed by atoms with Crippen molar-refractivity contribution in [3.63, 3.8) is 0 Å². The van der Waals surface area contributed by atoms with Gasteiger partial charge in [0.15, 0.2) is 0 Å². The van der Waals surface area contributed by atoms with Crippen LogP contribution in [0.25, 0.3) is 0 Å². The van der Waals surface area contributed by atoms with Gasteiger partial charge >= 0.3 is 0 Å². The lowest BCUT2D eigenvalue weighted by atomic mass is 9.85. The van der Waals surface area contributed by atoms with E-state index in [4.69, 9.17) is 5.21 Å². The van der Waals surface area contributed by atoms with E-state index >= 15 is 0 Å². The summed E-state index contributed by atoms with van der Waals surface area (Å²) in [6, 6.07) is 0. The fourth-order valence-electron chi connectivity index (χ4n) is 2.29. The standard InChI is InChI=1S/C8H7NO3S/c10-7-5-3-1-2-4(13-3)6(5)8(11)9(7)12/h1-6,12H/t3-,4+,5-,6+. The Kier molecular flexibility index (Phi) is 1.26. The molecule has 2 amide bonds. The number of hydrogen-bond acceptors (Lipinski definition) is 4. The van der Waals surface area contributed by atoms with Crippen molar-refractivity contribution in [1.82, 2.24) is 5.06 Å². The number of hydrogen-bond donors (Lipinski definition) is 1. The van der Waals surface area contributed by atoms with Gasteiger partial charge < -0.3 is 0 Å². The van der Waals surface area contributed by atoms with Gasteiger partial charge in [-0.3, -0.25) is 14.8 Å². The van der Waals surface area contributed by atoms with Crippen molar-refractivity contribution in [2.75, 3.05) is 0 Å². The topological polar surface area (TPSA) is 57.6 Å². The van der Waals surface area contributed by atoms with Crippen LogP contribution in [0, 0.1) is 11.8 Å². The number of nitrogens with zero attached hydrogens (tertiary/aromatic N) is 1. The van der Waals surface area contributed by atoms with Crippen molar-refractivity contribution in [3.05, 3.63) is 12.2 Å². The predicted octanol–water partition coefficient (Wildman–Crippen LogP) is 0.0306. The molecule has 0 aromatic carbocycles. The van der Waals surface area contributed by atoms with E-state index in [2.05, 4.69) is 0 Å². The maximum Gasteiger partial charge on any atom is 0.258 e. The zero-order valence-electron chi connectivity index (χ0n) is 6.58. The van der Waals surface area contributed by atoms with Gasteiger partial charge in [0.2, 0.25) is 0 Å². The normalized spacial score (nSPS) is 46.4. The van der Waals surface area contributed by atoms with Gasteiger partial charge in [-0.15, -0.1) is 11.8 Å². The lowest BCUT2D eigenvalue weighted by Crippen LogP contribution is -2.29. The second-order valence-corrected chi connectivity index (χ2v) is 4.85. The van der Waals surface area contributed by atoms with E-state index in [1.807, 2.05) is 12.2 Å². The molecule has 4 nitrogen and oxygen atoms in total. The maximum absolute atomic E-state index is 11.4. The van der Waals surface area contributed by atoms with Gasteiger partial charge in [-0.1, -0.05) is 12.2 Å². The molecule has 5 heteroatoms. The maximum atomic E-state index is 11.4. The van der Waals surface area contributed by atoms with Crippen LogP contribution in [0.4, 0.5) is 0 Å². The Bertz CT molecular complexity index is 310. The van der Waals surface area contributed by atoms with Crippen LogP contribution in [0.1, 0.15) is 0 Å². The van der Waals surface area contributed by atoms with Gasteiger partial charge in [0.1, 0.15) is 0 Å². The summed E-state index contributed by atoms with van der Waals surface area (Å²) in [6.07, 6.45) is 3.92. The minimum absolute atomic E-state index is 0.101. The molecule has 0 aromatic heterocycles. The molecular formula is C8H7NO3S. The van der Waals surface area contributed by atoms with Crippen molar-refractivity contribution in [1.29, 1.82) is 0 Å². The summed E-state index contributed by atoms with van der Waals surface area (Å²) >= 11 is 1.64. The first-order valence-electron chi connectivity index (χ1n) is 4.10. The summed E-state index contributed by atoms with van der Waals surface area (Å²) in [7, 11) is 0. The largest absolute Gasteiger partial charge is 0.278 e. The average Bonchev–Trinajstić information content (AvgIpc) is 2.76. The highest BCUT2D eigenvalue weighted by atomic mass is 32.2. The van der Waals surface area contributed by atoms with E-state index in [1.54, 1.807) is 11.8 Å². The molecule has 2 bridgehead atoms. The van der Waals surface area contributed by atoms with Crippen molar-refractivity contribution in [3.8, 4) is 0 Å². The first-order valence-corrected chi connectivity index (χ1v) is 5.05. The van der Waals surface area contributed by atoms with Crippen LogP contribution >= 0.6 is 11.8 Å². The number of hydroxylamine groups is 2. The molecule has 0 saturated carbocycles. The third-order valence-electron chi connectivity index (χ3n) is 2.89. The third-order valence-corrected chi connectivity index (χ3v) is 4.42. The monoisotopic (exact) mass is 197 g/mol. The highest BCUT2D eigenvalue weighted by Crippen LogP contribution is 2.52. The molecule has 3 aliphatic rings. The zero-order chi connectivity index (χ0) is 9.16. The summed E-state index contributed by atoms with van der Waals surface area (Å²) in [6.45, 7) is 0. The summed E-state index contributed by atoms with van der Waals surface area (Å²) in [5.41, 5.74) is 0. The molecule has 3 rings (SSSR count). The smallest absolute Gasteiger partial charge is 0.258 e. The number of fused-ring (bicyclic) bond motifs is 5. The molecule has 3 aliphatic heterocycles. The second kappa shape index (κ2) is 2.16. The van der Waals surface area contributed by atoms with Gasteiger partial charge in [0.25, 0.3) is 11.8 Å². The van der Waals surface area contributed by atoms with Crippen molar-refractivity contribution >= 4 is 23.6 Å². The predicted molar refractivity (Wildman–Crippen MR) is 44.9 cm³/mol. The summed E-state index contributed by atoms with van der Waals surface area (Å²) in [5.74, 6) is -1.48. The molecule has 3 heterocycles. The molecule has 0 radical (unpaired) electrons. The molecule has 1 N–H and O–H groups in total. The highest BCUT2D eigenvalue weighted by molar-refractivity contribution is 8.01. The van der Waals surface area contributed by atoms with Crippen LogP contribution in [0.3, 0.4) is 0 Å². The van der Waals surface area contributed by atoms with Gasteiger partial charge in [0.05, 0.1) is 11.8 Å². The Morgan fingerprint density at radius 1 is 1.15 bits per heavy atom. The van der Waals surface area contributed by atoms with Crippen LogP contribution in [0.15, 0.2) is 12.2 Å². The van der Waals surface area contributed by atoms with E-state index in [9.17, 15) is 9.59 Å². The van der Waals surface area contributed by atoms with Crippen LogP contribution < -0.4 is 0 Å². The van der Waals surface area contributed by atoms with Gasteiger partial charge in [0, 0.05) is 10.5 Å². The van der Waals surface area contributed by atoms with Crippen molar-refractivity contribution in [2.45, 2.75) is 10.5 Å². The third kappa shape index (κ3) is 0.722. The van der Waals surface area contributed by atoms with Gasteiger partial charge in [-0.2, -0.15) is 5.06 Å². The summed E-state index contributed by atoms with van der Waals surface area (Å²) in [5, 5.41) is 9.63. The van der Waals surface area contributed by atoms with Crippen LogP contribution in [0.2, 0.25) is 0 Å². The Balaban J connectivity index is 2.08. The minimum Gasteiger partial charge on any atom is -0.278 e. The summed E-state index contributed by atoms with van der Waals surface area (Å²) in [4.78, 5) is 22.8. The fraction of sp³-hybridized carbons (Fsp3) is 0.500. The van der Waals surface area contributed by atoms with E-state index in [0.29, 0.717) is 5.06 Å². The lowest BCUT2D eigenvalue weighted by molar-refractivity contribution is -0.173. The molecule has 0 aromatic rings. The SMILES string of the molecule is O=C1[C@@H]2[C@H](C(=O)N1O)[C@H]1C=C[C@@H]2S1. The quantitative estimate of drug-likeness (QED) is 0.338. The fourth-order valence-corrected chi connectivity index (χ4v) is 3.92. The number of imide groups is 1. The first-order chi connectivity index (χ1) is 6.20. The van der Waals surface area contributed by atoms with Crippen molar-refractivity contribution < 1.29 is 14.8 Å². The number of rotatable bonds is 0. The molecule has 2 saturated heterocycles. The summed E-state index contributed by atoms with van der Waals surface area (Å²) < 4.78 is 0. The Morgan fingerprint density at radius 2 is 1.62 bits per heavy atom. The highest BCUT2D eigenvalue weighted by Gasteiger charge is 2.60. The van der Waals surface area contributed by atoms with E-state index in [1.165, 1.54) is 0 Å². The molecule has 4 atom stereocenters. The van der Waals surface area contributed by atoms with Crippen LogP contribution in [-0.4, -0.2) is 32.6 Å². The first kappa shape index (κ1) is 7.58. The average molecular weight is 197 g/mol. The van der Waals surface area contributed by atoms with E-state index < -0.39 is 11.8 Å². The lowest BCUT2D eigenvalue weighted by Gasteiger charge is -2.12. The van der Waals surface area contributed by atoms with Crippen LogP contribution in [0.5, 0.6) is 0 Å². The molecule has 0 aliphatic carbocycles. The van der Waals surface area contributed by atoms with E-state index in [0.717, 1.165) is 0 Å². The molecule has 0 unspecified atom stereocenters. The number of carbonyl (C=O) groups is 2. The Morgan fingerprint density at radius 3 is 2.08 bits per heavy atom. The molecule has 2 fully saturated rings. The number of amides is 2. The Hall–Kier alpha value is -0.810. The molecule has 13 heavy (non-hydrogen) atoms. The molecule has 0 spiro atoms.